The molecule has 0 saturated heterocycles. The number of ether oxygens (including phenoxy) is 1. The van der Waals surface area contributed by atoms with Gasteiger partial charge in [-0.05, 0) is 59.7 Å². The van der Waals surface area contributed by atoms with E-state index in [0.717, 1.165) is 5.56 Å². The van der Waals surface area contributed by atoms with Crippen LogP contribution in [0, 0.1) is 6.92 Å². The highest BCUT2D eigenvalue weighted by molar-refractivity contribution is 7.92. The minimum absolute atomic E-state index is 0.162. The minimum Gasteiger partial charge on any atom is -0.496 e. The molecule has 0 spiro atoms. The monoisotopic (exact) mass is 361 g/mol. The topological polar surface area (TPSA) is 55.4 Å². The molecule has 1 N–H and O–H groups in total. The number of methoxy groups -OCH3 is 1. The highest BCUT2D eigenvalue weighted by atomic mass is 32.2. The minimum atomic E-state index is -3.66. The number of sulfonamides is 1. The maximum Gasteiger partial charge on any atom is 0.262 e. The fraction of sp³-hybridized carbons (Fsp3) is 0.400. The van der Waals surface area contributed by atoms with E-state index in [9.17, 15) is 8.42 Å². The number of rotatable bonds is 6. The van der Waals surface area contributed by atoms with E-state index in [2.05, 4.69) is 18.6 Å². The molecule has 0 amide bonds. The third kappa shape index (κ3) is 4.34. The molecule has 0 aromatic heterocycles. The summed E-state index contributed by atoms with van der Waals surface area (Å²) < 4.78 is 33.8. The third-order valence-electron chi connectivity index (χ3n) is 4.27. The van der Waals surface area contributed by atoms with Crippen LogP contribution in [-0.2, 0) is 10.0 Å². The van der Waals surface area contributed by atoms with Crippen molar-refractivity contribution in [2.24, 2.45) is 0 Å². The van der Waals surface area contributed by atoms with Crippen molar-refractivity contribution in [3.8, 4) is 5.75 Å². The van der Waals surface area contributed by atoms with Crippen LogP contribution in [0.4, 0.5) is 5.69 Å². The zero-order chi connectivity index (χ0) is 18.8. The van der Waals surface area contributed by atoms with Crippen molar-refractivity contribution < 1.29 is 13.2 Å². The summed E-state index contributed by atoms with van der Waals surface area (Å²) in [6, 6.07) is 11.0. The van der Waals surface area contributed by atoms with Crippen LogP contribution in [0.3, 0.4) is 0 Å². The van der Waals surface area contributed by atoms with Crippen molar-refractivity contribution in [1.82, 2.24) is 0 Å². The van der Waals surface area contributed by atoms with E-state index in [1.165, 1.54) is 5.56 Å². The molecule has 0 atom stereocenters. The largest absolute Gasteiger partial charge is 0.496 e. The molecule has 0 aliphatic rings. The van der Waals surface area contributed by atoms with E-state index >= 15 is 0 Å². The molecule has 0 fully saturated rings. The van der Waals surface area contributed by atoms with Gasteiger partial charge in [0.05, 0.1) is 12.0 Å². The number of benzene rings is 2. The normalized spacial score (nSPS) is 11.8. The van der Waals surface area contributed by atoms with Gasteiger partial charge in [0.25, 0.3) is 10.0 Å². The van der Waals surface area contributed by atoms with Gasteiger partial charge in [0.1, 0.15) is 5.75 Å². The van der Waals surface area contributed by atoms with Gasteiger partial charge in [-0.3, -0.25) is 4.72 Å². The summed E-state index contributed by atoms with van der Waals surface area (Å²) >= 11 is 0. The summed E-state index contributed by atoms with van der Waals surface area (Å²) in [5.74, 6) is 1.28. The van der Waals surface area contributed by atoms with Crippen molar-refractivity contribution in [2.75, 3.05) is 11.8 Å². The first-order valence-corrected chi connectivity index (χ1v) is 9.95. The Kier molecular flexibility index (Phi) is 5.78. The molecule has 0 aliphatic carbocycles. The van der Waals surface area contributed by atoms with Crippen LogP contribution >= 0.6 is 0 Å². The standard InChI is InChI=1S/C20H27NO3S/c1-13(2)16-7-9-17(10-8-16)21-25(22,23)20-12-18(14(3)4)19(24-6)11-15(20)5/h7-14,21H,1-6H3. The Balaban J connectivity index is 2.40. The Morgan fingerprint density at radius 2 is 1.56 bits per heavy atom. The predicted molar refractivity (Wildman–Crippen MR) is 103 cm³/mol. The van der Waals surface area contributed by atoms with Gasteiger partial charge in [0, 0.05) is 5.69 Å². The molecule has 2 aromatic rings. The van der Waals surface area contributed by atoms with E-state index in [1.54, 1.807) is 38.3 Å². The molecule has 0 bridgehead atoms. The van der Waals surface area contributed by atoms with E-state index in [4.69, 9.17) is 4.74 Å². The van der Waals surface area contributed by atoms with E-state index in [1.807, 2.05) is 26.0 Å². The molecule has 5 heteroatoms. The van der Waals surface area contributed by atoms with Crippen LogP contribution in [-0.4, -0.2) is 15.5 Å². The van der Waals surface area contributed by atoms with E-state index in [0.29, 0.717) is 22.9 Å². The first-order valence-electron chi connectivity index (χ1n) is 8.47. The fourth-order valence-electron chi connectivity index (χ4n) is 2.74. The van der Waals surface area contributed by atoms with Gasteiger partial charge >= 0.3 is 0 Å². The Bertz CT molecular complexity index is 838. The van der Waals surface area contributed by atoms with Crippen LogP contribution in [0.15, 0.2) is 41.3 Å². The highest BCUT2D eigenvalue weighted by Crippen LogP contribution is 2.32. The lowest BCUT2D eigenvalue weighted by molar-refractivity contribution is 0.406. The van der Waals surface area contributed by atoms with E-state index in [-0.39, 0.29) is 10.8 Å². The maximum atomic E-state index is 12.9. The van der Waals surface area contributed by atoms with Crippen molar-refractivity contribution in [3.05, 3.63) is 53.1 Å². The number of nitrogens with one attached hydrogen (secondary N) is 1. The van der Waals surface area contributed by atoms with Gasteiger partial charge < -0.3 is 4.74 Å². The summed E-state index contributed by atoms with van der Waals surface area (Å²) in [4.78, 5) is 0.282. The lowest BCUT2D eigenvalue weighted by Gasteiger charge is -2.17. The molecule has 4 nitrogen and oxygen atoms in total. The van der Waals surface area contributed by atoms with Crippen LogP contribution in [0.5, 0.6) is 5.75 Å². The predicted octanol–water partition coefficient (Wildman–Crippen LogP) is 5.05. The maximum absolute atomic E-state index is 12.9. The molecule has 0 radical (unpaired) electrons. The SMILES string of the molecule is COc1cc(C)c(S(=O)(=O)Nc2ccc(C(C)C)cc2)cc1C(C)C. The molecular formula is C20H27NO3S. The second-order valence-corrected chi connectivity index (χ2v) is 8.55. The Morgan fingerprint density at radius 3 is 2.04 bits per heavy atom. The van der Waals surface area contributed by atoms with Gasteiger partial charge in [-0.15, -0.1) is 0 Å². The van der Waals surface area contributed by atoms with Crippen LogP contribution in [0.2, 0.25) is 0 Å². The van der Waals surface area contributed by atoms with Crippen molar-refractivity contribution in [2.45, 2.75) is 51.3 Å². The first kappa shape index (κ1) is 19.3. The van der Waals surface area contributed by atoms with Gasteiger partial charge in [-0.25, -0.2) is 8.42 Å². The summed E-state index contributed by atoms with van der Waals surface area (Å²) in [7, 11) is -2.06. The van der Waals surface area contributed by atoms with Crippen molar-refractivity contribution in [3.63, 3.8) is 0 Å². The first-order chi connectivity index (χ1) is 11.7. The second kappa shape index (κ2) is 7.48. The molecule has 0 unspecified atom stereocenters. The van der Waals surface area contributed by atoms with Crippen LogP contribution < -0.4 is 9.46 Å². The Morgan fingerprint density at radius 1 is 0.960 bits per heavy atom. The smallest absolute Gasteiger partial charge is 0.262 e. The summed E-state index contributed by atoms with van der Waals surface area (Å²) in [6.07, 6.45) is 0. The van der Waals surface area contributed by atoms with Gasteiger partial charge in [0.15, 0.2) is 0 Å². The lowest BCUT2D eigenvalue weighted by atomic mass is 10.0. The fourth-order valence-corrected chi connectivity index (χ4v) is 4.06. The number of aryl methyl sites for hydroxylation is 1. The summed E-state index contributed by atoms with van der Waals surface area (Å²) in [5, 5.41) is 0. The molecule has 25 heavy (non-hydrogen) atoms. The highest BCUT2D eigenvalue weighted by Gasteiger charge is 2.21. The van der Waals surface area contributed by atoms with Gasteiger partial charge in [-0.2, -0.15) is 0 Å². The zero-order valence-corrected chi connectivity index (χ0v) is 16.6. The molecule has 2 aromatic carbocycles. The molecule has 2 rings (SSSR count). The molecule has 0 heterocycles. The van der Waals surface area contributed by atoms with Gasteiger partial charge in [-0.1, -0.05) is 39.8 Å². The number of hydrogen-bond donors (Lipinski definition) is 1. The number of hydrogen-bond acceptors (Lipinski definition) is 3. The molecule has 136 valence electrons. The Labute approximate surface area is 151 Å². The Hall–Kier alpha value is -2.01. The summed E-state index contributed by atoms with van der Waals surface area (Å²) in [6.45, 7) is 10.0. The lowest BCUT2D eigenvalue weighted by Crippen LogP contribution is -2.15. The van der Waals surface area contributed by atoms with Crippen LogP contribution in [0.1, 0.15) is 56.2 Å². The zero-order valence-electron chi connectivity index (χ0n) is 15.8. The van der Waals surface area contributed by atoms with Crippen LogP contribution in [0.25, 0.3) is 0 Å². The van der Waals surface area contributed by atoms with E-state index < -0.39 is 10.0 Å². The van der Waals surface area contributed by atoms with Gasteiger partial charge in [0.2, 0.25) is 0 Å². The number of anilines is 1. The molecule has 0 aliphatic heterocycles. The quantitative estimate of drug-likeness (QED) is 0.783. The second-order valence-electron chi connectivity index (χ2n) is 6.90. The molecular weight excluding hydrogens is 334 g/mol. The van der Waals surface area contributed by atoms with Crippen molar-refractivity contribution in [1.29, 1.82) is 0 Å². The average molecular weight is 362 g/mol. The molecule has 0 saturated carbocycles. The third-order valence-corrected chi connectivity index (χ3v) is 5.79. The summed E-state index contributed by atoms with van der Waals surface area (Å²) in [5.41, 5.74) is 3.27. The average Bonchev–Trinajstić information content (AvgIpc) is 2.54. The van der Waals surface area contributed by atoms with Crippen molar-refractivity contribution >= 4 is 15.7 Å².